The maximum Gasteiger partial charge on any atom is 0.229 e. The van der Waals surface area contributed by atoms with Crippen LogP contribution in [-0.4, -0.2) is 30.2 Å². The molecule has 1 aromatic heterocycles. The van der Waals surface area contributed by atoms with Crippen molar-refractivity contribution >= 4 is 21.5 Å². The van der Waals surface area contributed by atoms with Crippen LogP contribution in [0, 0.1) is 29.1 Å². The zero-order valence-electron chi connectivity index (χ0n) is 23.3. The predicted octanol–water partition coefficient (Wildman–Crippen LogP) is 5.72. The Kier molecular flexibility index (Phi) is 6.58. The van der Waals surface area contributed by atoms with Crippen LogP contribution in [0.4, 0.5) is 5.69 Å². The number of aryl methyl sites for hydroxylation is 1. The van der Waals surface area contributed by atoms with E-state index in [4.69, 9.17) is 5.10 Å². The third-order valence-electron chi connectivity index (χ3n) is 8.93. The van der Waals surface area contributed by atoms with E-state index in [-0.39, 0.29) is 17.6 Å². The van der Waals surface area contributed by atoms with Crippen LogP contribution in [0.5, 0.6) is 0 Å². The Morgan fingerprint density at radius 3 is 2.39 bits per heavy atom. The van der Waals surface area contributed by atoms with Crippen LogP contribution in [-0.2, 0) is 33.7 Å². The zero-order valence-corrected chi connectivity index (χ0v) is 24.2. The Morgan fingerprint density at radius 2 is 1.71 bits per heavy atom. The smallest absolute Gasteiger partial charge is 0.229 e. The molecule has 4 atom stereocenters. The molecule has 1 fully saturated rings. The number of ketones is 1. The van der Waals surface area contributed by atoms with Crippen LogP contribution in [0.1, 0.15) is 36.6 Å². The van der Waals surface area contributed by atoms with Gasteiger partial charge in [-0.25, -0.2) is 8.42 Å². The second-order valence-electron chi connectivity index (χ2n) is 11.4. The molecule has 3 aromatic carbocycles. The lowest BCUT2D eigenvalue weighted by atomic mass is 9.51. The summed E-state index contributed by atoms with van der Waals surface area (Å²) < 4.78 is 27.7. The number of aromatic nitrogens is 2. The maximum absolute atomic E-state index is 13.2. The van der Waals surface area contributed by atoms with Crippen molar-refractivity contribution in [2.24, 2.45) is 24.8 Å². The summed E-state index contributed by atoms with van der Waals surface area (Å²) in [5, 5.41) is 15.2. The minimum absolute atomic E-state index is 0.0501. The molecule has 0 aliphatic heterocycles. The average Bonchev–Trinajstić information content (AvgIpc) is 3.31. The molecule has 4 aromatic rings. The van der Waals surface area contributed by atoms with Crippen LogP contribution >= 0.6 is 0 Å². The number of nitrogens with one attached hydrogen (secondary N) is 1. The largest absolute Gasteiger partial charge is 0.298 e. The number of fused-ring (bicyclic) bond motifs is 3. The highest BCUT2D eigenvalue weighted by molar-refractivity contribution is 7.92. The zero-order chi connectivity index (χ0) is 28.9. The summed E-state index contributed by atoms with van der Waals surface area (Å²) in [5.41, 5.74) is 7.35. The normalized spacial score (nSPS) is 23.8. The molecule has 2 aliphatic carbocycles. The monoisotopic (exact) mass is 564 g/mol. The molecule has 41 heavy (non-hydrogen) atoms. The van der Waals surface area contributed by atoms with Crippen LogP contribution in [0.3, 0.4) is 0 Å². The molecule has 208 valence electrons. The standard InChI is InChI=1S/C33H32N4O3S/c1-21-29-17-16-28-30(24-9-7-8-23(18-24)22-12-14-27(15-13-22)36-41(3,39)40)37(2)35-32(28)33(29,19-25(20-34)31(21)38)26-10-5-4-6-11-26/h4-15,18,21,25,29,36H,16-17,19H2,1-3H3/t21-,25?,29-,33-/m0/s1. The van der Waals surface area contributed by atoms with E-state index in [0.29, 0.717) is 12.1 Å². The first-order chi connectivity index (χ1) is 19.6. The Hall–Kier alpha value is -4.22. The number of sulfonamides is 1. The van der Waals surface area contributed by atoms with Crippen molar-refractivity contribution in [3.63, 3.8) is 0 Å². The summed E-state index contributed by atoms with van der Waals surface area (Å²) in [5.74, 6) is -0.770. The van der Waals surface area contributed by atoms with Gasteiger partial charge in [0.05, 0.1) is 23.7 Å². The van der Waals surface area contributed by atoms with Gasteiger partial charge in [0.1, 0.15) is 5.92 Å². The average molecular weight is 565 g/mol. The van der Waals surface area contributed by atoms with Crippen molar-refractivity contribution in [2.75, 3.05) is 11.0 Å². The SMILES string of the molecule is C[C@@H]1C(=O)C(C#N)C[C@@]2(c3ccccc3)c3nn(C)c(-c4cccc(-c5ccc(NS(C)(=O)=O)cc5)c4)c3CC[C@@H]12. The number of carbonyl (C=O) groups is 1. The summed E-state index contributed by atoms with van der Waals surface area (Å²) >= 11 is 0. The lowest BCUT2D eigenvalue weighted by molar-refractivity contribution is -0.131. The molecule has 1 N–H and O–H groups in total. The highest BCUT2D eigenvalue weighted by Gasteiger charge is 2.57. The minimum Gasteiger partial charge on any atom is -0.298 e. The van der Waals surface area contributed by atoms with Gasteiger partial charge in [0.15, 0.2) is 5.78 Å². The van der Waals surface area contributed by atoms with E-state index in [2.05, 4.69) is 35.1 Å². The molecular formula is C33H32N4O3S. The van der Waals surface area contributed by atoms with Crippen molar-refractivity contribution in [1.82, 2.24) is 9.78 Å². The van der Waals surface area contributed by atoms with E-state index in [1.165, 1.54) is 5.56 Å². The van der Waals surface area contributed by atoms with Crippen LogP contribution in [0.25, 0.3) is 22.4 Å². The van der Waals surface area contributed by atoms with E-state index >= 15 is 0 Å². The van der Waals surface area contributed by atoms with Gasteiger partial charge in [0.25, 0.3) is 0 Å². The molecule has 6 rings (SSSR count). The van der Waals surface area contributed by atoms with Gasteiger partial charge in [-0.05, 0) is 60.1 Å². The first-order valence-electron chi connectivity index (χ1n) is 13.9. The molecule has 1 unspecified atom stereocenters. The van der Waals surface area contributed by atoms with Gasteiger partial charge >= 0.3 is 0 Å². The number of nitriles is 1. The Balaban J connectivity index is 1.47. The maximum atomic E-state index is 13.2. The minimum atomic E-state index is -3.35. The Labute approximate surface area is 240 Å². The number of anilines is 1. The predicted molar refractivity (Wildman–Crippen MR) is 159 cm³/mol. The highest BCUT2D eigenvalue weighted by atomic mass is 32.2. The van der Waals surface area contributed by atoms with E-state index in [9.17, 15) is 18.5 Å². The number of Topliss-reactive ketones (excluding diaryl/α,β-unsaturated/α-hetero) is 1. The van der Waals surface area contributed by atoms with Crippen molar-refractivity contribution < 1.29 is 13.2 Å². The number of hydrogen-bond acceptors (Lipinski definition) is 5. The van der Waals surface area contributed by atoms with Crippen molar-refractivity contribution in [2.45, 2.75) is 31.6 Å². The highest BCUT2D eigenvalue weighted by Crippen LogP contribution is 2.57. The molecule has 0 amide bonds. The lowest BCUT2D eigenvalue weighted by Gasteiger charge is -2.50. The summed E-state index contributed by atoms with van der Waals surface area (Å²) in [6.07, 6.45) is 3.23. The summed E-state index contributed by atoms with van der Waals surface area (Å²) in [6.45, 7) is 1.99. The van der Waals surface area contributed by atoms with Gasteiger partial charge in [-0.15, -0.1) is 0 Å². The van der Waals surface area contributed by atoms with Gasteiger partial charge < -0.3 is 0 Å². The Bertz CT molecular complexity index is 1790. The summed E-state index contributed by atoms with van der Waals surface area (Å²) in [4.78, 5) is 13.2. The number of benzene rings is 3. The fraction of sp³-hybridized carbons (Fsp3) is 0.303. The topological polar surface area (TPSA) is 105 Å². The summed E-state index contributed by atoms with van der Waals surface area (Å²) in [6, 6.07) is 28.2. The molecular weight excluding hydrogens is 532 g/mol. The number of rotatable bonds is 5. The molecule has 7 nitrogen and oxygen atoms in total. The first-order valence-corrected chi connectivity index (χ1v) is 15.8. The molecule has 1 saturated carbocycles. The van der Waals surface area contributed by atoms with Gasteiger partial charge in [-0.2, -0.15) is 10.4 Å². The number of nitrogens with zero attached hydrogens (tertiary/aromatic N) is 3. The Morgan fingerprint density at radius 1 is 1.00 bits per heavy atom. The molecule has 0 radical (unpaired) electrons. The van der Waals surface area contributed by atoms with Crippen LogP contribution in [0.2, 0.25) is 0 Å². The van der Waals surface area contributed by atoms with Gasteiger partial charge in [0, 0.05) is 35.2 Å². The summed E-state index contributed by atoms with van der Waals surface area (Å²) in [7, 11) is -1.38. The third-order valence-corrected chi connectivity index (χ3v) is 9.54. The second-order valence-corrected chi connectivity index (χ2v) is 13.1. The van der Waals surface area contributed by atoms with E-state index in [1.807, 2.05) is 61.1 Å². The van der Waals surface area contributed by atoms with Crippen molar-refractivity contribution in [3.05, 3.63) is 95.7 Å². The molecule has 0 spiro atoms. The lowest BCUT2D eigenvalue weighted by Crippen LogP contribution is -2.52. The molecule has 0 saturated heterocycles. The van der Waals surface area contributed by atoms with E-state index in [1.54, 1.807) is 12.1 Å². The second kappa shape index (κ2) is 10.0. The molecule has 1 heterocycles. The number of hydrogen-bond donors (Lipinski definition) is 1. The van der Waals surface area contributed by atoms with Crippen molar-refractivity contribution in [1.29, 1.82) is 5.26 Å². The van der Waals surface area contributed by atoms with Crippen molar-refractivity contribution in [3.8, 4) is 28.5 Å². The fourth-order valence-corrected chi connectivity index (χ4v) is 7.78. The van der Waals surface area contributed by atoms with E-state index in [0.717, 1.165) is 52.7 Å². The van der Waals surface area contributed by atoms with Crippen LogP contribution < -0.4 is 4.72 Å². The third kappa shape index (κ3) is 4.54. The van der Waals surface area contributed by atoms with Gasteiger partial charge in [-0.3, -0.25) is 14.2 Å². The quantitative estimate of drug-likeness (QED) is 0.334. The fourth-order valence-electron chi connectivity index (χ4n) is 7.21. The molecule has 0 bridgehead atoms. The number of carbonyl (C=O) groups excluding carboxylic acids is 1. The van der Waals surface area contributed by atoms with E-state index < -0.39 is 21.4 Å². The van der Waals surface area contributed by atoms with Gasteiger partial charge in [-0.1, -0.05) is 67.6 Å². The van der Waals surface area contributed by atoms with Crippen LogP contribution in [0.15, 0.2) is 78.9 Å². The molecule has 8 heteroatoms. The first kappa shape index (κ1) is 27.0. The van der Waals surface area contributed by atoms with Gasteiger partial charge in [0.2, 0.25) is 10.0 Å². The molecule has 2 aliphatic rings.